The molecule has 3 rings (SSSR count). The Bertz CT molecular complexity index is 748. The lowest BCUT2D eigenvalue weighted by Gasteiger charge is -2.38. The molecule has 1 aromatic carbocycles. The second-order valence-corrected chi connectivity index (χ2v) is 5.64. The molecule has 0 atom stereocenters. The first-order valence-electron chi connectivity index (χ1n) is 7.64. The number of aromatic amines is 1. The standard InChI is InChI=1S/C15H18F3N7/c1-10(20-14-21-13(19)22-23-14)24-5-7-25(8-6-24)12-4-2-3-11(9-12)15(16,17)18/h2-4,9H,1,5-8H2,(H4,19,20,21,22,23). The Morgan fingerprint density at radius 1 is 1.24 bits per heavy atom. The van der Waals surface area contributed by atoms with Gasteiger partial charge in [0.15, 0.2) is 0 Å². The number of aromatic nitrogens is 3. The Kier molecular flexibility index (Phi) is 4.43. The van der Waals surface area contributed by atoms with E-state index in [1.807, 2.05) is 9.80 Å². The van der Waals surface area contributed by atoms with E-state index < -0.39 is 11.7 Å². The van der Waals surface area contributed by atoms with Gasteiger partial charge in [-0.3, -0.25) is 0 Å². The van der Waals surface area contributed by atoms with Crippen molar-refractivity contribution >= 4 is 17.6 Å². The maximum absolute atomic E-state index is 12.8. The number of nitrogens with one attached hydrogen (secondary N) is 2. The zero-order valence-electron chi connectivity index (χ0n) is 13.3. The molecule has 1 aliphatic rings. The summed E-state index contributed by atoms with van der Waals surface area (Å²) >= 11 is 0. The van der Waals surface area contributed by atoms with Gasteiger partial charge in [-0.05, 0) is 18.2 Å². The van der Waals surface area contributed by atoms with Crippen LogP contribution in [0.3, 0.4) is 0 Å². The summed E-state index contributed by atoms with van der Waals surface area (Å²) in [6.45, 7) is 6.33. The summed E-state index contributed by atoms with van der Waals surface area (Å²) in [5.41, 5.74) is 5.39. The van der Waals surface area contributed by atoms with Gasteiger partial charge in [-0.2, -0.15) is 18.2 Å². The highest BCUT2D eigenvalue weighted by Crippen LogP contribution is 2.32. The van der Waals surface area contributed by atoms with Gasteiger partial charge in [0.1, 0.15) is 5.82 Å². The van der Waals surface area contributed by atoms with Gasteiger partial charge in [0.05, 0.1) is 5.56 Å². The fraction of sp³-hybridized carbons (Fsp3) is 0.333. The predicted molar refractivity (Wildman–Crippen MR) is 88.8 cm³/mol. The highest BCUT2D eigenvalue weighted by Gasteiger charge is 2.31. The van der Waals surface area contributed by atoms with Crippen molar-refractivity contribution in [3.63, 3.8) is 0 Å². The minimum absolute atomic E-state index is 0.199. The van der Waals surface area contributed by atoms with Crippen molar-refractivity contribution in [2.24, 2.45) is 0 Å². The highest BCUT2D eigenvalue weighted by molar-refractivity contribution is 5.50. The number of nitrogen functional groups attached to an aromatic ring is 1. The smallest absolute Gasteiger partial charge is 0.368 e. The van der Waals surface area contributed by atoms with Crippen molar-refractivity contribution in [1.82, 2.24) is 20.1 Å². The molecule has 2 heterocycles. The van der Waals surface area contributed by atoms with Crippen molar-refractivity contribution in [1.29, 1.82) is 0 Å². The SMILES string of the molecule is C=C(Nc1n[nH]c(N)n1)N1CCN(c2cccc(C(F)(F)F)c2)CC1. The summed E-state index contributed by atoms with van der Waals surface area (Å²) in [6.07, 6.45) is -4.34. The predicted octanol–water partition coefficient (Wildman–Crippen LogP) is 2.11. The molecule has 10 heteroatoms. The van der Waals surface area contributed by atoms with Gasteiger partial charge in [0.2, 0.25) is 11.9 Å². The average Bonchev–Trinajstić information content (AvgIpc) is 2.99. The van der Waals surface area contributed by atoms with Gasteiger partial charge in [-0.1, -0.05) is 12.6 Å². The third kappa shape index (κ3) is 3.95. The molecule has 0 saturated carbocycles. The molecule has 0 bridgehead atoms. The maximum atomic E-state index is 12.8. The van der Waals surface area contributed by atoms with Crippen LogP contribution in [-0.2, 0) is 6.18 Å². The van der Waals surface area contributed by atoms with E-state index in [9.17, 15) is 13.2 Å². The molecule has 1 saturated heterocycles. The number of alkyl halides is 3. The average molecular weight is 353 g/mol. The van der Waals surface area contributed by atoms with Crippen LogP contribution >= 0.6 is 0 Å². The Morgan fingerprint density at radius 2 is 1.96 bits per heavy atom. The van der Waals surface area contributed by atoms with E-state index in [1.54, 1.807) is 6.07 Å². The first-order chi connectivity index (χ1) is 11.8. The number of nitrogens with two attached hydrogens (primary N) is 1. The van der Waals surface area contributed by atoms with Gasteiger partial charge in [0.25, 0.3) is 0 Å². The highest BCUT2D eigenvalue weighted by atomic mass is 19.4. The van der Waals surface area contributed by atoms with Crippen LogP contribution in [0.15, 0.2) is 36.7 Å². The molecule has 0 radical (unpaired) electrons. The van der Waals surface area contributed by atoms with Crippen molar-refractivity contribution in [3.05, 3.63) is 42.2 Å². The van der Waals surface area contributed by atoms with Crippen LogP contribution in [0.5, 0.6) is 0 Å². The van der Waals surface area contributed by atoms with Crippen molar-refractivity contribution in [2.75, 3.05) is 42.1 Å². The molecule has 1 aliphatic heterocycles. The van der Waals surface area contributed by atoms with E-state index in [0.717, 1.165) is 6.07 Å². The molecule has 7 nitrogen and oxygen atoms in total. The monoisotopic (exact) mass is 353 g/mol. The van der Waals surface area contributed by atoms with Crippen LogP contribution in [0.25, 0.3) is 0 Å². The van der Waals surface area contributed by atoms with Crippen LogP contribution in [0.4, 0.5) is 30.8 Å². The summed E-state index contributed by atoms with van der Waals surface area (Å²) in [5.74, 6) is 1.13. The lowest BCUT2D eigenvalue weighted by Crippen LogP contribution is -2.46. The zero-order chi connectivity index (χ0) is 18.0. The van der Waals surface area contributed by atoms with Crippen molar-refractivity contribution in [2.45, 2.75) is 6.18 Å². The van der Waals surface area contributed by atoms with Crippen LogP contribution < -0.4 is 16.0 Å². The number of H-pyrrole nitrogens is 1. The summed E-state index contributed by atoms with van der Waals surface area (Å²) in [4.78, 5) is 7.84. The van der Waals surface area contributed by atoms with Crippen LogP contribution in [0.2, 0.25) is 0 Å². The fourth-order valence-electron chi connectivity index (χ4n) is 2.65. The fourth-order valence-corrected chi connectivity index (χ4v) is 2.65. The number of benzene rings is 1. The molecule has 134 valence electrons. The second-order valence-electron chi connectivity index (χ2n) is 5.64. The first-order valence-corrected chi connectivity index (χ1v) is 7.64. The van der Waals surface area contributed by atoms with Gasteiger partial charge in [-0.15, -0.1) is 5.10 Å². The third-order valence-electron chi connectivity index (χ3n) is 3.96. The maximum Gasteiger partial charge on any atom is 0.416 e. The summed E-state index contributed by atoms with van der Waals surface area (Å²) in [6, 6.07) is 5.38. The Hall–Kier alpha value is -2.91. The largest absolute Gasteiger partial charge is 0.416 e. The number of rotatable bonds is 4. The van der Waals surface area contributed by atoms with Crippen LogP contribution in [-0.4, -0.2) is 46.3 Å². The molecule has 1 aromatic heterocycles. The minimum Gasteiger partial charge on any atom is -0.368 e. The van der Waals surface area contributed by atoms with Gasteiger partial charge >= 0.3 is 6.18 Å². The van der Waals surface area contributed by atoms with Crippen molar-refractivity contribution < 1.29 is 13.2 Å². The van der Waals surface area contributed by atoms with E-state index in [4.69, 9.17) is 5.73 Å². The minimum atomic E-state index is -4.34. The van der Waals surface area contributed by atoms with Crippen molar-refractivity contribution in [3.8, 4) is 0 Å². The van der Waals surface area contributed by atoms with E-state index >= 15 is 0 Å². The van der Waals surface area contributed by atoms with Crippen LogP contribution in [0.1, 0.15) is 5.56 Å². The van der Waals surface area contributed by atoms with E-state index in [1.165, 1.54) is 12.1 Å². The molecule has 0 aliphatic carbocycles. The van der Waals surface area contributed by atoms with E-state index in [-0.39, 0.29) is 5.95 Å². The molecule has 4 N–H and O–H groups in total. The summed E-state index contributed by atoms with van der Waals surface area (Å²) < 4.78 is 38.5. The Morgan fingerprint density at radius 3 is 2.56 bits per heavy atom. The summed E-state index contributed by atoms with van der Waals surface area (Å²) in [7, 11) is 0. The number of hydrogen-bond donors (Lipinski definition) is 3. The Balaban J connectivity index is 1.59. The number of halogens is 3. The molecular formula is C15H18F3N7. The molecule has 1 fully saturated rings. The number of hydrogen-bond acceptors (Lipinski definition) is 6. The van der Waals surface area contributed by atoms with E-state index in [2.05, 4.69) is 27.1 Å². The first kappa shape index (κ1) is 16.9. The molecule has 0 spiro atoms. The number of nitrogens with zero attached hydrogens (tertiary/aromatic N) is 4. The molecular weight excluding hydrogens is 335 g/mol. The molecule has 2 aromatic rings. The third-order valence-corrected chi connectivity index (χ3v) is 3.96. The molecule has 25 heavy (non-hydrogen) atoms. The molecule has 0 amide bonds. The number of anilines is 3. The number of piperazine rings is 1. The zero-order valence-corrected chi connectivity index (χ0v) is 13.3. The summed E-state index contributed by atoms with van der Waals surface area (Å²) in [5, 5.41) is 9.33. The second kappa shape index (κ2) is 6.54. The van der Waals surface area contributed by atoms with Gasteiger partial charge < -0.3 is 20.9 Å². The normalized spacial score (nSPS) is 15.3. The topological polar surface area (TPSA) is 86.1 Å². The van der Waals surface area contributed by atoms with Gasteiger partial charge in [0, 0.05) is 31.9 Å². The van der Waals surface area contributed by atoms with E-state index in [0.29, 0.717) is 43.6 Å². The lowest BCUT2D eigenvalue weighted by atomic mass is 10.1. The Labute approximate surface area is 142 Å². The lowest BCUT2D eigenvalue weighted by molar-refractivity contribution is -0.137. The molecule has 0 unspecified atom stereocenters. The van der Waals surface area contributed by atoms with Gasteiger partial charge in [-0.25, -0.2) is 5.10 Å². The quantitative estimate of drug-likeness (QED) is 0.781. The van der Waals surface area contributed by atoms with Crippen LogP contribution in [0, 0.1) is 0 Å².